The van der Waals surface area contributed by atoms with E-state index in [1.54, 1.807) is 0 Å². The first-order valence-corrected chi connectivity index (χ1v) is 10.8. The summed E-state index contributed by atoms with van der Waals surface area (Å²) in [5.74, 6) is 0.729. The van der Waals surface area contributed by atoms with Gasteiger partial charge in [-0.05, 0) is 49.6 Å². The van der Waals surface area contributed by atoms with Crippen molar-refractivity contribution in [2.45, 2.75) is 31.4 Å². The molecule has 2 heterocycles. The van der Waals surface area contributed by atoms with E-state index >= 15 is 0 Å². The summed E-state index contributed by atoms with van der Waals surface area (Å²) in [5, 5.41) is 0. The number of carbonyl (C=O) groups is 1. The first kappa shape index (κ1) is 18.7. The number of piperidine rings is 1. The van der Waals surface area contributed by atoms with Crippen LogP contribution in [0.3, 0.4) is 0 Å². The molecule has 5 rings (SSSR count). The number of carbonyl (C=O) groups excluding carboxylic acids is 1. The predicted octanol–water partition coefficient (Wildman–Crippen LogP) is 5.21. The molecule has 0 saturated carbocycles. The SMILES string of the molecule is O=C1[C@@H](Oc2ccccc2)[C@H](c2ccccc2N2CCCCC2)N1c1ccccc1. The summed E-state index contributed by atoms with van der Waals surface area (Å²) in [7, 11) is 0. The topological polar surface area (TPSA) is 32.8 Å². The summed E-state index contributed by atoms with van der Waals surface area (Å²) in [6.45, 7) is 2.13. The molecule has 4 heteroatoms. The van der Waals surface area contributed by atoms with E-state index in [-0.39, 0.29) is 11.9 Å². The van der Waals surface area contributed by atoms with Crippen molar-refractivity contribution in [3.63, 3.8) is 0 Å². The zero-order valence-electron chi connectivity index (χ0n) is 17.0. The van der Waals surface area contributed by atoms with Crippen molar-refractivity contribution in [2.24, 2.45) is 0 Å². The van der Waals surface area contributed by atoms with Crippen LogP contribution in [0.2, 0.25) is 0 Å². The number of hydrogen-bond acceptors (Lipinski definition) is 3. The molecule has 0 aliphatic carbocycles. The predicted molar refractivity (Wildman–Crippen MR) is 120 cm³/mol. The van der Waals surface area contributed by atoms with Gasteiger partial charge in [0.25, 0.3) is 5.91 Å². The highest BCUT2D eigenvalue weighted by Gasteiger charge is 2.52. The molecular weight excluding hydrogens is 372 g/mol. The summed E-state index contributed by atoms with van der Waals surface area (Å²) in [6.07, 6.45) is 3.18. The van der Waals surface area contributed by atoms with Gasteiger partial charge < -0.3 is 9.64 Å². The molecule has 0 aromatic heterocycles. The van der Waals surface area contributed by atoms with Crippen molar-refractivity contribution < 1.29 is 9.53 Å². The largest absolute Gasteiger partial charge is 0.478 e. The molecule has 2 fully saturated rings. The third-order valence-electron chi connectivity index (χ3n) is 6.04. The highest BCUT2D eigenvalue weighted by atomic mass is 16.5. The Kier molecular flexibility index (Phi) is 5.14. The number of para-hydroxylation sites is 3. The first-order valence-electron chi connectivity index (χ1n) is 10.8. The maximum Gasteiger partial charge on any atom is 0.271 e. The number of anilines is 2. The number of amides is 1. The Morgan fingerprint density at radius 1 is 0.733 bits per heavy atom. The molecule has 30 heavy (non-hydrogen) atoms. The maximum atomic E-state index is 13.2. The molecule has 3 aromatic rings. The Balaban J connectivity index is 1.54. The van der Waals surface area contributed by atoms with E-state index in [9.17, 15) is 4.79 Å². The van der Waals surface area contributed by atoms with Crippen LogP contribution in [0.15, 0.2) is 84.9 Å². The van der Waals surface area contributed by atoms with E-state index < -0.39 is 6.10 Å². The summed E-state index contributed by atoms with van der Waals surface area (Å²) >= 11 is 0. The van der Waals surface area contributed by atoms with Crippen molar-refractivity contribution >= 4 is 17.3 Å². The van der Waals surface area contributed by atoms with E-state index in [1.165, 1.54) is 24.9 Å². The molecule has 2 aliphatic rings. The zero-order valence-corrected chi connectivity index (χ0v) is 17.0. The number of rotatable bonds is 5. The molecule has 4 nitrogen and oxygen atoms in total. The minimum atomic E-state index is -0.529. The van der Waals surface area contributed by atoms with Crippen LogP contribution in [-0.4, -0.2) is 25.1 Å². The Hall–Kier alpha value is -3.27. The van der Waals surface area contributed by atoms with E-state index in [1.807, 2.05) is 65.6 Å². The number of β-lactam (4-membered cyclic amide) rings is 1. The number of nitrogens with zero attached hydrogens (tertiary/aromatic N) is 2. The van der Waals surface area contributed by atoms with Gasteiger partial charge in [0, 0.05) is 30.0 Å². The smallest absolute Gasteiger partial charge is 0.271 e. The van der Waals surface area contributed by atoms with Crippen LogP contribution in [0.5, 0.6) is 5.75 Å². The van der Waals surface area contributed by atoms with Crippen molar-refractivity contribution in [1.29, 1.82) is 0 Å². The molecule has 0 spiro atoms. The lowest BCUT2D eigenvalue weighted by Gasteiger charge is -2.48. The molecule has 152 valence electrons. The van der Waals surface area contributed by atoms with Gasteiger partial charge in [-0.15, -0.1) is 0 Å². The Labute approximate surface area is 177 Å². The van der Waals surface area contributed by atoms with Crippen molar-refractivity contribution in [3.8, 4) is 5.75 Å². The van der Waals surface area contributed by atoms with Gasteiger partial charge in [-0.2, -0.15) is 0 Å². The van der Waals surface area contributed by atoms with E-state index in [2.05, 4.69) is 29.2 Å². The summed E-state index contributed by atoms with van der Waals surface area (Å²) in [4.78, 5) is 17.6. The van der Waals surface area contributed by atoms with Crippen molar-refractivity contribution in [1.82, 2.24) is 0 Å². The lowest BCUT2D eigenvalue weighted by Crippen LogP contribution is -2.62. The van der Waals surface area contributed by atoms with Gasteiger partial charge in [0.15, 0.2) is 0 Å². The molecule has 3 aromatic carbocycles. The molecule has 2 saturated heterocycles. The fourth-order valence-electron chi connectivity index (χ4n) is 4.56. The second kappa shape index (κ2) is 8.23. The minimum absolute atomic E-state index is 0.00324. The number of hydrogen-bond donors (Lipinski definition) is 0. The standard InChI is InChI=1S/C26H26N2O2/c29-26-25(30-21-14-6-2-7-15-21)24(28(26)20-12-4-1-5-13-20)22-16-8-9-17-23(22)27-18-10-3-11-19-27/h1-2,4-9,12-17,24-25H,3,10-11,18-19H2/t24-,25-/m0/s1. The van der Waals surface area contributed by atoms with E-state index in [0.717, 1.165) is 30.1 Å². The molecular formula is C26H26N2O2. The minimum Gasteiger partial charge on any atom is -0.478 e. The molecule has 0 radical (unpaired) electrons. The first-order chi connectivity index (χ1) is 14.8. The van der Waals surface area contributed by atoms with Crippen LogP contribution < -0.4 is 14.5 Å². The van der Waals surface area contributed by atoms with Crippen LogP contribution in [0, 0.1) is 0 Å². The second-order valence-electron chi connectivity index (χ2n) is 7.95. The van der Waals surface area contributed by atoms with Crippen LogP contribution in [0.25, 0.3) is 0 Å². The van der Waals surface area contributed by atoms with E-state index in [4.69, 9.17) is 4.74 Å². The van der Waals surface area contributed by atoms with Gasteiger partial charge in [0.2, 0.25) is 6.10 Å². The van der Waals surface area contributed by atoms with Crippen LogP contribution in [0.4, 0.5) is 11.4 Å². The molecule has 2 aliphatic heterocycles. The monoisotopic (exact) mass is 398 g/mol. The van der Waals surface area contributed by atoms with Crippen LogP contribution >= 0.6 is 0 Å². The third-order valence-corrected chi connectivity index (χ3v) is 6.04. The maximum absolute atomic E-state index is 13.2. The Morgan fingerprint density at radius 3 is 2.10 bits per heavy atom. The quantitative estimate of drug-likeness (QED) is 0.553. The van der Waals surface area contributed by atoms with Crippen LogP contribution in [-0.2, 0) is 4.79 Å². The third kappa shape index (κ3) is 3.43. The lowest BCUT2D eigenvalue weighted by atomic mass is 9.88. The Morgan fingerprint density at radius 2 is 1.37 bits per heavy atom. The highest BCUT2D eigenvalue weighted by Crippen LogP contribution is 2.44. The van der Waals surface area contributed by atoms with Gasteiger partial charge in [-0.3, -0.25) is 9.69 Å². The normalized spacial score (nSPS) is 21.3. The Bertz CT molecular complexity index is 1000. The lowest BCUT2D eigenvalue weighted by molar-refractivity contribution is -0.135. The number of ether oxygens (including phenoxy) is 1. The van der Waals surface area contributed by atoms with Crippen molar-refractivity contribution in [3.05, 3.63) is 90.5 Å². The zero-order chi connectivity index (χ0) is 20.3. The van der Waals surface area contributed by atoms with E-state index in [0.29, 0.717) is 0 Å². The summed E-state index contributed by atoms with van der Waals surface area (Å²) in [6, 6.07) is 27.9. The van der Waals surface area contributed by atoms with Gasteiger partial charge in [-0.1, -0.05) is 54.6 Å². The summed E-state index contributed by atoms with van der Waals surface area (Å²) < 4.78 is 6.21. The van der Waals surface area contributed by atoms with Gasteiger partial charge >= 0.3 is 0 Å². The van der Waals surface area contributed by atoms with Crippen LogP contribution in [0.1, 0.15) is 30.9 Å². The number of benzene rings is 3. The van der Waals surface area contributed by atoms with Crippen molar-refractivity contribution in [2.75, 3.05) is 22.9 Å². The van der Waals surface area contributed by atoms with Gasteiger partial charge in [0.05, 0.1) is 0 Å². The second-order valence-corrected chi connectivity index (χ2v) is 7.95. The molecule has 0 N–H and O–H groups in total. The molecule has 0 unspecified atom stereocenters. The van der Waals surface area contributed by atoms with Gasteiger partial charge in [0.1, 0.15) is 11.8 Å². The fraction of sp³-hybridized carbons (Fsp3) is 0.269. The molecule has 1 amide bonds. The molecule has 2 atom stereocenters. The molecule has 0 bridgehead atoms. The average Bonchev–Trinajstić information content (AvgIpc) is 2.82. The van der Waals surface area contributed by atoms with Gasteiger partial charge in [-0.25, -0.2) is 0 Å². The highest BCUT2D eigenvalue weighted by molar-refractivity contribution is 6.05. The summed E-state index contributed by atoms with van der Waals surface area (Å²) in [5.41, 5.74) is 3.29. The fourth-order valence-corrected chi connectivity index (χ4v) is 4.56. The average molecular weight is 399 g/mol.